The molecule has 108 valence electrons. The van der Waals surface area contributed by atoms with Crippen LogP contribution in [0.3, 0.4) is 0 Å². The second-order valence-electron chi connectivity index (χ2n) is 5.62. The van der Waals surface area contributed by atoms with Gasteiger partial charge in [0.15, 0.2) is 5.82 Å². The van der Waals surface area contributed by atoms with E-state index in [-0.39, 0.29) is 11.4 Å². The molecule has 0 aliphatic carbocycles. The molecule has 0 atom stereocenters. The van der Waals surface area contributed by atoms with E-state index < -0.39 is 0 Å². The lowest BCUT2D eigenvalue weighted by atomic mass is 9.82. The summed E-state index contributed by atoms with van der Waals surface area (Å²) in [7, 11) is 0. The summed E-state index contributed by atoms with van der Waals surface area (Å²) < 4.78 is 10.5. The van der Waals surface area contributed by atoms with Crippen molar-refractivity contribution in [3.63, 3.8) is 0 Å². The molecule has 2 fully saturated rings. The zero-order valence-electron chi connectivity index (χ0n) is 11.7. The Kier molecular flexibility index (Phi) is 2.62. The SMILES string of the molecule is Cc1noc(-c2ccccc2C(=O)N2CCC23COC3)n1. The number of likely N-dealkylation sites (tertiary alicyclic amines) is 1. The highest BCUT2D eigenvalue weighted by Crippen LogP contribution is 2.39. The molecule has 1 amide bonds. The minimum Gasteiger partial charge on any atom is -0.376 e. The van der Waals surface area contributed by atoms with Gasteiger partial charge >= 0.3 is 0 Å². The van der Waals surface area contributed by atoms with Crippen molar-refractivity contribution in [1.82, 2.24) is 15.0 Å². The lowest BCUT2D eigenvalue weighted by Gasteiger charge is -2.57. The Morgan fingerprint density at radius 2 is 2.14 bits per heavy atom. The first-order valence-electron chi connectivity index (χ1n) is 6.99. The van der Waals surface area contributed by atoms with Gasteiger partial charge in [-0.1, -0.05) is 17.3 Å². The Hall–Kier alpha value is -2.21. The van der Waals surface area contributed by atoms with Gasteiger partial charge in [0, 0.05) is 6.54 Å². The van der Waals surface area contributed by atoms with Crippen molar-refractivity contribution in [3.05, 3.63) is 35.7 Å². The molecule has 2 aromatic rings. The van der Waals surface area contributed by atoms with Crippen LogP contribution in [0, 0.1) is 6.92 Å². The summed E-state index contributed by atoms with van der Waals surface area (Å²) in [6.45, 7) is 3.81. The zero-order chi connectivity index (χ0) is 14.4. The van der Waals surface area contributed by atoms with Crippen LogP contribution in [0.15, 0.2) is 28.8 Å². The van der Waals surface area contributed by atoms with E-state index in [0.717, 1.165) is 13.0 Å². The van der Waals surface area contributed by atoms with Gasteiger partial charge in [-0.15, -0.1) is 0 Å². The summed E-state index contributed by atoms with van der Waals surface area (Å²) in [5.74, 6) is 0.951. The van der Waals surface area contributed by atoms with Crippen LogP contribution < -0.4 is 0 Å². The molecule has 6 heteroatoms. The minimum atomic E-state index is -0.0745. The van der Waals surface area contributed by atoms with E-state index in [2.05, 4.69) is 10.1 Å². The van der Waals surface area contributed by atoms with Gasteiger partial charge in [-0.3, -0.25) is 4.79 Å². The van der Waals surface area contributed by atoms with Crippen LogP contribution in [0.25, 0.3) is 11.5 Å². The number of aromatic nitrogens is 2. The molecule has 0 bridgehead atoms. The van der Waals surface area contributed by atoms with Crippen molar-refractivity contribution < 1.29 is 14.1 Å². The van der Waals surface area contributed by atoms with Gasteiger partial charge < -0.3 is 14.2 Å². The average Bonchev–Trinajstić information content (AvgIpc) is 2.82. The van der Waals surface area contributed by atoms with Crippen LogP contribution in [0.5, 0.6) is 0 Å². The number of hydrogen-bond acceptors (Lipinski definition) is 5. The van der Waals surface area contributed by atoms with Crippen LogP contribution >= 0.6 is 0 Å². The fraction of sp³-hybridized carbons (Fsp3) is 0.400. The molecule has 6 nitrogen and oxygen atoms in total. The fourth-order valence-corrected chi connectivity index (χ4v) is 2.90. The highest BCUT2D eigenvalue weighted by atomic mass is 16.5. The Labute approximate surface area is 121 Å². The molecule has 2 aliphatic heterocycles. The largest absolute Gasteiger partial charge is 0.376 e. The summed E-state index contributed by atoms with van der Waals surface area (Å²) in [6.07, 6.45) is 1.01. The summed E-state index contributed by atoms with van der Waals surface area (Å²) in [5, 5.41) is 3.80. The highest BCUT2D eigenvalue weighted by Gasteiger charge is 2.53. The van der Waals surface area contributed by atoms with Crippen LogP contribution in [0.1, 0.15) is 22.6 Å². The quantitative estimate of drug-likeness (QED) is 0.839. The third kappa shape index (κ3) is 1.79. The topological polar surface area (TPSA) is 68.5 Å². The number of benzene rings is 1. The van der Waals surface area contributed by atoms with Gasteiger partial charge in [0.05, 0.1) is 29.9 Å². The highest BCUT2D eigenvalue weighted by molar-refractivity contribution is 6.00. The number of amides is 1. The van der Waals surface area contributed by atoms with Crippen LogP contribution in [0.2, 0.25) is 0 Å². The Balaban J connectivity index is 1.70. The van der Waals surface area contributed by atoms with Crippen LogP contribution in [0.4, 0.5) is 0 Å². The summed E-state index contributed by atoms with van der Waals surface area (Å²) in [4.78, 5) is 18.9. The molecular weight excluding hydrogens is 270 g/mol. The molecule has 3 heterocycles. The Morgan fingerprint density at radius 3 is 2.71 bits per heavy atom. The first kappa shape index (κ1) is 12.5. The number of aryl methyl sites for hydroxylation is 1. The maximum absolute atomic E-state index is 12.8. The third-order valence-electron chi connectivity index (χ3n) is 4.28. The second kappa shape index (κ2) is 4.39. The predicted octanol–water partition coefficient (Wildman–Crippen LogP) is 1.66. The van der Waals surface area contributed by atoms with Gasteiger partial charge in [0.2, 0.25) is 0 Å². The van der Waals surface area contributed by atoms with Gasteiger partial charge in [0.25, 0.3) is 11.8 Å². The number of nitrogens with zero attached hydrogens (tertiary/aromatic N) is 3. The number of carbonyl (C=O) groups excluding carboxylic acids is 1. The molecule has 1 aromatic heterocycles. The number of carbonyl (C=O) groups is 1. The van der Waals surface area contributed by atoms with Crippen LogP contribution in [-0.4, -0.2) is 46.2 Å². The van der Waals surface area contributed by atoms with Gasteiger partial charge in [-0.25, -0.2) is 0 Å². The van der Waals surface area contributed by atoms with Gasteiger partial charge in [-0.05, 0) is 25.5 Å². The van der Waals surface area contributed by atoms with Crippen molar-refractivity contribution >= 4 is 5.91 Å². The maximum Gasteiger partial charge on any atom is 0.258 e. The van der Waals surface area contributed by atoms with E-state index in [0.29, 0.717) is 36.1 Å². The maximum atomic E-state index is 12.8. The molecule has 1 spiro atoms. The van der Waals surface area contributed by atoms with E-state index in [1.807, 2.05) is 29.2 Å². The fourth-order valence-electron chi connectivity index (χ4n) is 2.90. The lowest BCUT2D eigenvalue weighted by molar-refractivity contribution is -0.172. The van der Waals surface area contributed by atoms with Crippen molar-refractivity contribution in [2.45, 2.75) is 18.9 Å². The van der Waals surface area contributed by atoms with Gasteiger partial charge in [-0.2, -0.15) is 4.98 Å². The smallest absolute Gasteiger partial charge is 0.258 e. The molecule has 0 saturated carbocycles. The average molecular weight is 285 g/mol. The number of rotatable bonds is 2. The number of ether oxygens (including phenoxy) is 1. The van der Waals surface area contributed by atoms with E-state index >= 15 is 0 Å². The van der Waals surface area contributed by atoms with Crippen molar-refractivity contribution in [1.29, 1.82) is 0 Å². The minimum absolute atomic E-state index is 0.0102. The van der Waals surface area contributed by atoms with Crippen molar-refractivity contribution in [2.75, 3.05) is 19.8 Å². The standard InChI is InChI=1S/C15H15N3O3/c1-10-16-13(21-17-10)11-4-2-3-5-12(11)14(19)18-7-6-15(18)8-20-9-15/h2-5H,6-9H2,1H3. The monoisotopic (exact) mass is 285 g/mol. The molecule has 1 aromatic carbocycles. The summed E-state index contributed by atoms with van der Waals surface area (Å²) in [5.41, 5.74) is 1.21. The predicted molar refractivity (Wildman–Crippen MR) is 73.7 cm³/mol. The van der Waals surface area contributed by atoms with Crippen molar-refractivity contribution in [2.24, 2.45) is 0 Å². The Bertz CT molecular complexity index is 700. The summed E-state index contributed by atoms with van der Waals surface area (Å²) >= 11 is 0. The molecule has 4 rings (SSSR count). The van der Waals surface area contributed by atoms with E-state index in [1.54, 1.807) is 6.92 Å². The third-order valence-corrected chi connectivity index (χ3v) is 4.28. The van der Waals surface area contributed by atoms with E-state index in [4.69, 9.17) is 9.26 Å². The van der Waals surface area contributed by atoms with E-state index in [1.165, 1.54) is 0 Å². The summed E-state index contributed by atoms with van der Waals surface area (Å²) in [6, 6.07) is 7.36. The first-order valence-corrected chi connectivity index (χ1v) is 6.99. The zero-order valence-corrected chi connectivity index (χ0v) is 11.7. The lowest BCUT2D eigenvalue weighted by Crippen LogP contribution is -2.72. The van der Waals surface area contributed by atoms with Crippen LogP contribution in [-0.2, 0) is 4.74 Å². The second-order valence-corrected chi connectivity index (χ2v) is 5.62. The van der Waals surface area contributed by atoms with E-state index in [9.17, 15) is 4.79 Å². The number of hydrogen-bond donors (Lipinski definition) is 0. The molecule has 0 unspecified atom stereocenters. The molecular formula is C15H15N3O3. The normalized spacial score (nSPS) is 19.2. The molecule has 0 radical (unpaired) electrons. The molecule has 0 N–H and O–H groups in total. The van der Waals surface area contributed by atoms with Crippen molar-refractivity contribution in [3.8, 4) is 11.5 Å². The van der Waals surface area contributed by atoms with Gasteiger partial charge in [0.1, 0.15) is 0 Å². The molecule has 21 heavy (non-hydrogen) atoms. The Morgan fingerprint density at radius 1 is 1.33 bits per heavy atom. The molecule has 2 aliphatic rings. The first-order chi connectivity index (χ1) is 10.2. The molecule has 2 saturated heterocycles.